The van der Waals surface area contributed by atoms with Crippen LogP contribution in [-0.2, 0) is 0 Å². The van der Waals surface area contributed by atoms with Gasteiger partial charge in [0.1, 0.15) is 5.58 Å². The monoisotopic (exact) mass is 1900 g/mol. The summed E-state index contributed by atoms with van der Waals surface area (Å²) in [6.45, 7) is 74.2. The van der Waals surface area contributed by atoms with Crippen LogP contribution in [0.4, 0.5) is 0 Å². The first-order chi connectivity index (χ1) is 64.6. The first kappa shape index (κ1) is 120. The summed E-state index contributed by atoms with van der Waals surface area (Å²) >= 11 is 5.21. The second-order valence-corrected chi connectivity index (χ2v) is 48.8. The number of aryl methyl sites for hydroxylation is 2. The molecule has 8 heteroatoms. The summed E-state index contributed by atoms with van der Waals surface area (Å²) in [6.07, 6.45) is 8.20. The molecule has 138 heavy (non-hydrogen) atoms. The molecule has 20 aromatic rings. The summed E-state index contributed by atoms with van der Waals surface area (Å²) in [7, 11) is 0. The Bertz CT molecular complexity index is 5810. The van der Waals surface area contributed by atoms with Crippen molar-refractivity contribution in [2.24, 2.45) is 43.3 Å². The first-order valence-corrected chi connectivity index (χ1v) is 51.0. The number of benzene rings is 12. The molecule has 0 fully saturated rings. The zero-order valence-electron chi connectivity index (χ0n) is 90.6. The number of nitrogens with zero attached hydrogens (tertiary/aromatic N) is 2. The number of rotatable bonds is 2. The third-order valence-electron chi connectivity index (χ3n) is 15.4. The minimum Gasteiger partial charge on any atom is -0.473 e. The van der Waals surface area contributed by atoms with Crippen molar-refractivity contribution in [1.82, 2.24) is 9.13 Å². The second-order valence-electron chi connectivity index (χ2n) is 46.2. The fraction of sp³-hybridized carbons (Fsp3) is 0.323. The lowest BCUT2D eigenvalue weighted by Gasteiger charge is -2.09. The molecule has 0 N–H and O–H groups in total. The lowest BCUT2D eigenvalue weighted by Crippen LogP contribution is -1.93. The summed E-state index contributed by atoms with van der Waals surface area (Å²) in [5.74, 6) is 0. The number of hydrogen-bond donors (Lipinski definition) is 0. The molecule has 8 aromatic heterocycles. The Balaban J connectivity index is 0.000000393. The highest BCUT2D eigenvalue weighted by Gasteiger charge is 2.16. The smallest absolute Gasteiger partial charge is 0.133 e. The molecular weight excluding hydrogens is 1730 g/mol. The van der Waals surface area contributed by atoms with E-state index in [0.717, 1.165) is 11.0 Å². The topological polar surface area (TPSA) is 49.3 Å². The van der Waals surface area contributed by atoms with Gasteiger partial charge in [0.2, 0.25) is 0 Å². The molecule has 5 nitrogen and oxygen atoms in total. The predicted molar refractivity (Wildman–Crippen MR) is 624 cm³/mol. The summed E-state index contributed by atoms with van der Waals surface area (Å²) in [5.41, 5.74) is 15.1. The molecule has 0 saturated heterocycles. The van der Waals surface area contributed by atoms with Gasteiger partial charge in [-0.15, -0.1) is 11.3 Å². The van der Waals surface area contributed by atoms with E-state index in [2.05, 4.69) is 495 Å². The maximum absolute atomic E-state index is 5.12. The van der Waals surface area contributed by atoms with Gasteiger partial charge < -0.3 is 22.4 Å². The van der Waals surface area contributed by atoms with Crippen LogP contribution in [0.1, 0.15) is 233 Å². The highest BCUT2D eigenvalue weighted by Crippen LogP contribution is 2.38. The zero-order chi connectivity index (χ0) is 103. The molecule has 0 aliphatic carbocycles. The molecule has 20 rings (SSSR count). The van der Waals surface area contributed by atoms with Crippen LogP contribution in [0.5, 0.6) is 0 Å². The summed E-state index contributed by atoms with van der Waals surface area (Å²) in [4.78, 5) is 0. The van der Waals surface area contributed by atoms with Crippen LogP contribution in [0, 0.1) is 57.2 Å². The SMILES string of the molecule is CC(C)(C)C.CC(C)(C)C.CC(C)(C)C.CC(C)(C)C.CC(C)(C)C.CC(C)(C)C.CC(C)(C)C.CC(C)(C)C.Cc1ccccc1.Cc1ccccc1.c1ccc(-n2c3ccccc3c3cc4ccccc4cc32)cc1.c1ccc(-n2c3ccccc3c3ccc4ccccc4c32)cc1.c1ccc2occc2c1.c1ccc2sccc2c1.c1ccoc1.c1ccoc1.c1ccsc1.c1ccsc1. The van der Waals surface area contributed by atoms with Gasteiger partial charge in [0.15, 0.2) is 0 Å². The maximum Gasteiger partial charge on any atom is 0.133 e. The van der Waals surface area contributed by atoms with Gasteiger partial charge in [-0.2, -0.15) is 22.7 Å². The molecule has 0 unspecified atom stereocenters. The van der Waals surface area contributed by atoms with E-state index in [1.807, 2.05) is 137 Å². The van der Waals surface area contributed by atoms with Crippen molar-refractivity contribution in [3.63, 3.8) is 0 Å². The molecule has 0 atom stereocenters. The second kappa shape index (κ2) is 62.2. The van der Waals surface area contributed by atoms with Crippen molar-refractivity contribution in [3.8, 4) is 11.4 Å². The average Bonchev–Trinajstić information content (AvgIpc) is 1.58. The van der Waals surface area contributed by atoms with Crippen molar-refractivity contribution in [3.05, 3.63) is 421 Å². The third kappa shape index (κ3) is 61.4. The number of thiophene rings is 3. The Kier molecular flexibility index (Phi) is 54.3. The molecule has 736 valence electrons. The minimum absolute atomic E-state index is 0.500. The van der Waals surface area contributed by atoms with E-state index in [-0.39, 0.29) is 0 Å². The molecule has 0 spiro atoms. The molecule has 0 aliphatic heterocycles. The maximum atomic E-state index is 5.12. The number of para-hydroxylation sites is 5. The fourth-order valence-corrected chi connectivity index (χ4v) is 12.6. The summed E-state index contributed by atoms with van der Waals surface area (Å²) < 4.78 is 20.4. The molecule has 0 radical (unpaired) electrons. The molecular formula is C130H170N2O3S3. The summed E-state index contributed by atoms with van der Waals surface area (Å²) in [6, 6.07) is 121. The Morgan fingerprint density at radius 1 is 0.203 bits per heavy atom. The van der Waals surface area contributed by atoms with Crippen molar-refractivity contribution in [2.45, 2.75) is 235 Å². The van der Waals surface area contributed by atoms with E-state index in [1.165, 1.54) is 97.7 Å². The van der Waals surface area contributed by atoms with E-state index in [1.54, 1.807) is 65.3 Å². The zero-order valence-corrected chi connectivity index (χ0v) is 93.1. The predicted octanol–water partition coefficient (Wildman–Crippen LogP) is 43.7. The van der Waals surface area contributed by atoms with E-state index in [0.29, 0.717) is 43.3 Å². The van der Waals surface area contributed by atoms with E-state index >= 15 is 0 Å². The normalized spacial score (nSPS) is 10.7. The molecule has 0 aliphatic rings. The Labute approximate surface area is 847 Å². The Morgan fingerprint density at radius 2 is 0.507 bits per heavy atom. The van der Waals surface area contributed by atoms with Crippen LogP contribution in [0.15, 0.2) is 423 Å². The van der Waals surface area contributed by atoms with Crippen LogP contribution in [0.2, 0.25) is 0 Å². The fourth-order valence-electron chi connectivity index (χ4n) is 10.9. The number of fused-ring (bicyclic) bond motifs is 11. The minimum atomic E-state index is 0.500. The highest BCUT2D eigenvalue weighted by atomic mass is 32.1. The molecule has 0 amide bonds. The molecule has 0 saturated carbocycles. The van der Waals surface area contributed by atoms with Crippen molar-refractivity contribution in [1.29, 1.82) is 0 Å². The molecule has 0 bridgehead atoms. The van der Waals surface area contributed by atoms with Crippen LogP contribution >= 0.6 is 34.0 Å². The van der Waals surface area contributed by atoms with Crippen LogP contribution < -0.4 is 0 Å². The number of hydrogen-bond acceptors (Lipinski definition) is 6. The van der Waals surface area contributed by atoms with Crippen molar-refractivity contribution in [2.75, 3.05) is 0 Å². The van der Waals surface area contributed by atoms with Gasteiger partial charge in [0.25, 0.3) is 0 Å². The standard InChI is InChI=1S/2C22H15N.C8H6O.C8H6S.2C7H8.8C5H12.2C4H4O.2C4H4S/c1-2-10-18(11-3-1)23-21-13-7-6-12-19(21)20-14-16-8-4-5-9-17(16)15-22(20)23;1-2-9-17(10-3-1)23-21-13-7-6-12-19(21)20-15-14-16-8-4-5-11-18(16)22(20)23;2*1-2-4-8-7(3-1)5-6-9-8;2*1-7-5-3-2-4-6-7;8*1-5(2,3)4;4*1-2-4-5-3-1/h2*1-15H;2*1-6H;2*2-6H,1H3;8*1-4H3;4*1-4H. The van der Waals surface area contributed by atoms with E-state index < -0.39 is 0 Å². The lowest BCUT2D eigenvalue weighted by molar-refractivity contribution is 0.469. The van der Waals surface area contributed by atoms with Gasteiger partial charge in [-0.3, -0.25) is 0 Å². The Hall–Kier alpha value is -11.8. The van der Waals surface area contributed by atoms with E-state index in [4.69, 9.17) is 4.42 Å². The van der Waals surface area contributed by atoms with Crippen LogP contribution in [0.25, 0.3) is 97.6 Å². The number of aromatic nitrogens is 2. The lowest BCUT2D eigenvalue weighted by atomic mass is 10.0. The van der Waals surface area contributed by atoms with Crippen LogP contribution in [-0.4, -0.2) is 9.13 Å². The highest BCUT2D eigenvalue weighted by molar-refractivity contribution is 7.17. The quantitative estimate of drug-likeness (QED) is 0.173. The van der Waals surface area contributed by atoms with Crippen molar-refractivity contribution >= 4 is 120 Å². The largest absolute Gasteiger partial charge is 0.473 e. The van der Waals surface area contributed by atoms with Gasteiger partial charge >= 0.3 is 0 Å². The third-order valence-corrected chi connectivity index (χ3v) is 17.6. The summed E-state index contributed by atoms with van der Waals surface area (Å²) in [5, 5.41) is 23.2. The van der Waals surface area contributed by atoms with Gasteiger partial charge in [0, 0.05) is 48.4 Å². The van der Waals surface area contributed by atoms with Gasteiger partial charge in [-0.05, 0) is 203 Å². The van der Waals surface area contributed by atoms with Gasteiger partial charge in [0.05, 0.1) is 53.4 Å². The van der Waals surface area contributed by atoms with Gasteiger partial charge in [-0.25, -0.2) is 0 Å². The van der Waals surface area contributed by atoms with E-state index in [9.17, 15) is 0 Å². The van der Waals surface area contributed by atoms with Crippen molar-refractivity contribution < 1.29 is 13.3 Å². The van der Waals surface area contributed by atoms with Gasteiger partial charge in [-0.1, -0.05) is 487 Å². The molecule has 12 aromatic carbocycles. The Morgan fingerprint density at radius 3 is 0.855 bits per heavy atom. The molecule has 8 heterocycles. The number of furan rings is 3. The average molecular weight is 1910 g/mol. The first-order valence-electron chi connectivity index (χ1n) is 48.3. The van der Waals surface area contributed by atoms with Crippen LogP contribution in [0.3, 0.4) is 0 Å².